The molecule has 0 unspecified atom stereocenters. The van der Waals surface area contributed by atoms with Gasteiger partial charge in [-0.25, -0.2) is 0 Å². The Labute approximate surface area is 49.3 Å². The molecular formula is C3H4F2N4. The maximum Gasteiger partial charge on any atom is 0.334 e. The Hall–Kier alpha value is -1.20. The summed E-state index contributed by atoms with van der Waals surface area (Å²) in [6.07, 6.45) is 0.963. The highest BCUT2D eigenvalue weighted by molar-refractivity contribution is 5.19. The molecule has 0 atom stereocenters. The Kier molecular flexibility index (Phi) is 1.29. The van der Waals surface area contributed by atoms with Gasteiger partial charge < -0.3 is 5.73 Å². The van der Waals surface area contributed by atoms with Crippen molar-refractivity contribution in [2.75, 3.05) is 5.73 Å². The summed E-state index contributed by atoms with van der Waals surface area (Å²) in [5.74, 6) is -0.00435. The minimum absolute atomic E-state index is 0.00435. The van der Waals surface area contributed by atoms with Crippen LogP contribution in [0.5, 0.6) is 0 Å². The molecule has 0 saturated carbocycles. The number of alkyl halides is 2. The summed E-state index contributed by atoms with van der Waals surface area (Å²) < 4.78 is 23.6. The number of hydrogen-bond acceptors (Lipinski definition) is 3. The molecule has 0 aliphatic rings. The molecule has 1 heterocycles. The highest BCUT2D eigenvalue weighted by atomic mass is 19.3. The fourth-order valence-corrected chi connectivity index (χ4v) is 0.386. The van der Waals surface area contributed by atoms with Crippen molar-refractivity contribution < 1.29 is 8.78 Å². The van der Waals surface area contributed by atoms with Crippen molar-refractivity contribution >= 4 is 5.82 Å². The topological polar surface area (TPSA) is 56.7 Å². The molecule has 0 spiro atoms. The summed E-state index contributed by atoms with van der Waals surface area (Å²) >= 11 is 0. The van der Waals surface area contributed by atoms with Crippen LogP contribution in [0.2, 0.25) is 0 Å². The molecule has 9 heavy (non-hydrogen) atoms. The van der Waals surface area contributed by atoms with Gasteiger partial charge in [0.05, 0.1) is 6.20 Å². The molecule has 0 saturated heterocycles. The van der Waals surface area contributed by atoms with Crippen LogP contribution < -0.4 is 5.73 Å². The maximum absolute atomic E-state index is 11.6. The minimum Gasteiger partial charge on any atom is -0.381 e. The monoisotopic (exact) mass is 134 g/mol. The molecule has 6 heteroatoms. The fraction of sp³-hybridized carbons (Fsp3) is 0.333. The van der Waals surface area contributed by atoms with Crippen LogP contribution in [0.25, 0.3) is 0 Å². The predicted molar refractivity (Wildman–Crippen MR) is 25.7 cm³/mol. The van der Waals surface area contributed by atoms with Crippen LogP contribution in [0.1, 0.15) is 6.55 Å². The van der Waals surface area contributed by atoms with E-state index in [1.165, 1.54) is 0 Å². The molecule has 4 nitrogen and oxygen atoms in total. The normalized spacial score (nSPS) is 10.6. The van der Waals surface area contributed by atoms with Crippen LogP contribution in [0.15, 0.2) is 6.20 Å². The Morgan fingerprint density at radius 3 is 2.56 bits per heavy atom. The van der Waals surface area contributed by atoms with Crippen LogP contribution in [-0.2, 0) is 0 Å². The number of rotatable bonds is 1. The third kappa shape index (κ3) is 1.13. The van der Waals surface area contributed by atoms with E-state index in [2.05, 4.69) is 10.3 Å². The van der Waals surface area contributed by atoms with E-state index < -0.39 is 6.55 Å². The number of nitrogens with zero attached hydrogens (tertiary/aromatic N) is 3. The highest BCUT2D eigenvalue weighted by Crippen LogP contribution is 2.07. The molecule has 1 aromatic heterocycles. The molecule has 2 N–H and O–H groups in total. The summed E-state index contributed by atoms with van der Waals surface area (Å²) in [5, 5.41) is 6.16. The van der Waals surface area contributed by atoms with Gasteiger partial charge in [0.2, 0.25) is 0 Å². The van der Waals surface area contributed by atoms with Crippen LogP contribution in [0.3, 0.4) is 0 Å². The molecule has 50 valence electrons. The van der Waals surface area contributed by atoms with E-state index in [4.69, 9.17) is 5.73 Å². The second-order valence-electron chi connectivity index (χ2n) is 1.40. The predicted octanol–water partition coefficient (Wildman–Crippen LogP) is 0.255. The lowest BCUT2D eigenvalue weighted by Gasteiger charge is -1.91. The lowest BCUT2D eigenvalue weighted by molar-refractivity contribution is 0.0546. The van der Waals surface area contributed by atoms with Gasteiger partial charge in [0.1, 0.15) is 0 Å². The molecular weight excluding hydrogens is 130 g/mol. The van der Waals surface area contributed by atoms with Crippen LogP contribution in [0.4, 0.5) is 14.6 Å². The third-order valence-electron chi connectivity index (χ3n) is 0.728. The lowest BCUT2D eigenvalue weighted by Crippen LogP contribution is -1.97. The second kappa shape index (κ2) is 1.96. The molecule has 1 aromatic rings. The van der Waals surface area contributed by atoms with Crippen molar-refractivity contribution in [2.24, 2.45) is 0 Å². The minimum atomic E-state index is -2.66. The van der Waals surface area contributed by atoms with Gasteiger partial charge in [0.15, 0.2) is 5.82 Å². The summed E-state index contributed by atoms with van der Waals surface area (Å²) in [4.78, 5) is 0. The van der Waals surface area contributed by atoms with Gasteiger partial charge in [0.25, 0.3) is 0 Å². The maximum atomic E-state index is 11.6. The van der Waals surface area contributed by atoms with Gasteiger partial charge in [-0.2, -0.15) is 13.5 Å². The smallest absolute Gasteiger partial charge is 0.334 e. The SMILES string of the molecule is Nc1cn(C(F)F)nn1. The Morgan fingerprint density at radius 2 is 2.33 bits per heavy atom. The number of aromatic nitrogens is 3. The van der Waals surface area contributed by atoms with Gasteiger partial charge in [0, 0.05) is 0 Å². The van der Waals surface area contributed by atoms with Crippen molar-refractivity contribution in [2.45, 2.75) is 6.55 Å². The zero-order chi connectivity index (χ0) is 6.85. The van der Waals surface area contributed by atoms with Crippen molar-refractivity contribution in [3.05, 3.63) is 6.20 Å². The van der Waals surface area contributed by atoms with Crippen molar-refractivity contribution in [1.29, 1.82) is 0 Å². The van der Waals surface area contributed by atoms with E-state index >= 15 is 0 Å². The lowest BCUT2D eigenvalue weighted by atomic mass is 10.8. The van der Waals surface area contributed by atoms with Gasteiger partial charge in [-0.1, -0.05) is 5.21 Å². The van der Waals surface area contributed by atoms with Gasteiger partial charge >= 0.3 is 6.55 Å². The quantitative estimate of drug-likeness (QED) is 0.599. The number of nitrogens with two attached hydrogens (primary N) is 1. The molecule has 0 aromatic carbocycles. The number of nitrogen functional groups attached to an aromatic ring is 1. The average molecular weight is 134 g/mol. The second-order valence-corrected chi connectivity index (χ2v) is 1.40. The molecule has 0 radical (unpaired) electrons. The Morgan fingerprint density at radius 1 is 1.67 bits per heavy atom. The number of halogens is 2. The Balaban J connectivity index is 2.85. The summed E-state index contributed by atoms with van der Waals surface area (Å²) in [6, 6.07) is 0. The van der Waals surface area contributed by atoms with Crippen molar-refractivity contribution in [1.82, 2.24) is 15.0 Å². The first kappa shape index (κ1) is 5.93. The summed E-state index contributed by atoms with van der Waals surface area (Å²) in [6.45, 7) is -2.66. The highest BCUT2D eigenvalue weighted by Gasteiger charge is 2.05. The van der Waals surface area contributed by atoms with Gasteiger partial charge in [-0.15, -0.1) is 5.10 Å². The molecule has 0 aliphatic carbocycles. The van der Waals surface area contributed by atoms with E-state index in [-0.39, 0.29) is 5.82 Å². The molecule has 0 bridgehead atoms. The van der Waals surface area contributed by atoms with E-state index in [1.54, 1.807) is 0 Å². The van der Waals surface area contributed by atoms with Crippen molar-refractivity contribution in [3.8, 4) is 0 Å². The molecule has 0 aliphatic heterocycles. The van der Waals surface area contributed by atoms with Crippen molar-refractivity contribution in [3.63, 3.8) is 0 Å². The van der Waals surface area contributed by atoms with E-state index in [0.29, 0.717) is 4.68 Å². The fourth-order valence-electron chi connectivity index (χ4n) is 0.386. The van der Waals surface area contributed by atoms with E-state index in [9.17, 15) is 8.78 Å². The summed E-state index contributed by atoms with van der Waals surface area (Å²) in [7, 11) is 0. The van der Waals surface area contributed by atoms with Gasteiger partial charge in [-0.3, -0.25) is 0 Å². The number of hydrogen-bond donors (Lipinski definition) is 1. The molecule has 0 amide bonds. The first-order valence-electron chi connectivity index (χ1n) is 2.15. The average Bonchev–Trinajstić information content (AvgIpc) is 2.14. The van der Waals surface area contributed by atoms with Crippen LogP contribution in [-0.4, -0.2) is 15.0 Å². The van der Waals surface area contributed by atoms with Crippen LogP contribution in [0, 0.1) is 0 Å². The third-order valence-corrected chi connectivity index (χ3v) is 0.728. The Bertz CT molecular complexity index is 195. The standard InChI is InChI=1S/C3H4F2N4/c4-3(5)9-1-2(6)7-8-9/h1,3H,6H2. The zero-order valence-corrected chi connectivity index (χ0v) is 4.33. The van der Waals surface area contributed by atoms with Crippen LogP contribution >= 0.6 is 0 Å². The summed E-state index contributed by atoms with van der Waals surface area (Å²) in [5.41, 5.74) is 4.99. The molecule has 1 rings (SSSR count). The van der Waals surface area contributed by atoms with E-state index in [1.807, 2.05) is 0 Å². The molecule has 0 fully saturated rings. The zero-order valence-electron chi connectivity index (χ0n) is 4.33. The first-order valence-corrected chi connectivity index (χ1v) is 2.15. The first-order chi connectivity index (χ1) is 4.20. The van der Waals surface area contributed by atoms with E-state index in [0.717, 1.165) is 6.20 Å². The number of anilines is 1. The largest absolute Gasteiger partial charge is 0.381 e. The van der Waals surface area contributed by atoms with Gasteiger partial charge in [-0.05, 0) is 0 Å².